The molecule has 0 saturated heterocycles. The first kappa shape index (κ1) is 12.1. The molecule has 94 valence electrons. The van der Waals surface area contributed by atoms with Crippen LogP contribution in [0.2, 0.25) is 0 Å². The molecule has 0 aliphatic rings. The number of pyridine rings is 1. The van der Waals surface area contributed by atoms with Crippen LogP contribution >= 0.6 is 0 Å². The number of H-pyrrole nitrogens is 1. The van der Waals surface area contributed by atoms with E-state index in [4.69, 9.17) is 0 Å². The average Bonchev–Trinajstić information content (AvgIpc) is 2.77. The van der Waals surface area contributed by atoms with Gasteiger partial charge in [0.15, 0.2) is 0 Å². The van der Waals surface area contributed by atoms with E-state index in [2.05, 4.69) is 15.4 Å². The molecule has 0 atom stereocenters. The van der Waals surface area contributed by atoms with Gasteiger partial charge in [0, 0.05) is 18.2 Å². The van der Waals surface area contributed by atoms with Gasteiger partial charge < -0.3 is 10.3 Å². The molecule has 1 amide bonds. The second-order valence-corrected chi connectivity index (χ2v) is 4.14. The third kappa shape index (κ3) is 2.48. The summed E-state index contributed by atoms with van der Waals surface area (Å²) in [5.41, 5.74) is -0.0842. The summed E-state index contributed by atoms with van der Waals surface area (Å²) in [5, 5.41) is 6.82. The van der Waals surface area contributed by atoms with Crippen molar-refractivity contribution in [3.05, 3.63) is 46.5 Å². The maximum Gasteiger partial charge on any atom is 0.273 e. The zero-order valence-electron chi connectivity index (χ0n) is 10.2. The molecule has 0 unspecified atom stereocenters. The zero-order chi connectivity index (χ0) is 13.1. The van der Waals surface area contributed by atoms with E-state index < -0.39 is 0 Å². The van der Waals surface area contributed by atoms with Crippen LogP contribution in [0.4, 0.5) is 5.82 Å². The summed E-state index contributed by atoms with van der Waals surface area (Å²) in [6.45, 7) is 3.93. The lowest BCUT2D eigenvalue weighted by atomic mass is 10.3. The molecule has 0 spiro atoms. The number of hydrogen-bond donors (Lipinski definition) is 2. The molecule has 2 heterocycles. The minimum absolute atomic E-state index is 0.144. The van der Waals surface area contributed by atoms with E-state index in [0.717, 1.165) is 0 Å². The maximum atomic E-state index is 11.9. The fraction of sp³-hybridized carbons (Fsp3) is 0.250. The summed E-state index contributed by atoms with van der Waals surface area (Å²) in [6, 6.07) is 6.29. The van der Waals surface area contributed by atoms with Crippen molar-refractivity contribution in [3.63, 3.8) is 0 Å². The van der Waals surface area contributed by atoms with Gasteiger partial charge in [-0.05, 0) is 19.9 Å². The summed E-state index contributed by atoms with van der Waals surface area (Å²) in [7, 11) is 0. The lowest BCUT2D eigenvalue weighted by Gasteiger charge is -2.11. The smallest absolute Gasteiger partial charge is 0.273 e. The fourth-order valence-electron chi connectivity index (χ4n) is 1.59. The lowest BCUT2D eigenvalue weighted by molar-refractivity contribution is 0.102. The van der Waals surface area contributed by atoms with E-state index in [1.807, 2.05) is 13.8 Å². The zero-order valence-corrected chi connectivity index (χ0v) is 10.2. The number of carbonyl (C=O) groups excluding carboxylic acids is 1. The SMILES string of the molecule is CC(C)n1nccc1NC(=O)c1cccc(=O)[nH]1. The highest BCUT2D eigenvalue weighted by Gasteiger charge is 2.11. The Morgan fingerprint density at radius 1 is 1.39 bits per heavy atom. The first-order chi connectivity index (χ1) is 8.58. The van der Waals surface area contributed by atoms with Gasteiger partial charge in [-0.15, -0.1) is 0 Å². The van der Waals surface area contributed by atoms with Crippen LogP contribution in [0.25, 0.3) is 0 Å². The van der Waals surface area contributed by atoms with Gasteiger partial charge in [0.2, 0.25) is 5.56 Å². The number of anilines is 1. The van der Waals surface area contributed by atoms with Crippen LogP contribution in [-0.4, -0.2) is 20.7 Å². The fourth-order valence-corrected chi connectivity index (χ4v) is 1.59. The minimum atomic E-state index is -0.366. The molecule has 18 heavy (non-hydrogen) atoms. The number of hydrogen-bond acceptors (Lipinski definition) is 3. The van der Waals surface area contributed by atoms with E-state index >= 15 is 0 Å². The quantitative estimate of drug-likeness (QED) is 0.859. The Hall–Kier alpha value is -2.37. The number of nitrogens with one attached hydrogen (secondary N) is 2. The van der Waals surface area contributed by atoms with Crippen molar-refractivity contribution in [2.24, 2.45) is 0 Å². The maximum absolute atomic E-state index is 11.9. The van der Waals surface area contributed by atoms with E-state index in [1.165, 1.54) is 12.1 Å². The molecule has 0 bridgehead atoms. The van der Waals surface area contributed by atoms with Gasteiger partial charge in [0.05, 0.1) is 6.20 Å². The molecule has 0 aliphatic carbocycles. The standard InChI is InChI=1S/C12H14N4O2/c1-8(2)16-10(6-7-13-16)15-12(18)9-4-3-5-11(17)14-9/h3-8H,1-2H3,(H,14,17)(H,15,18). The summed E-state index contributed by atoms with van der Waals surface area (Å²) < 4.78 is 1.69. The molecule has 0 radical (unpaired) electrons. The van der Waals surface area contributed by atoms with Gasteiger partial charge in [-0.3, -0.25) is 9.59 Å². The molecular weight excluding hydrogens is 232 g/mol. The topological polar surface area (TPSA) is 79.8 Å². The number of rotatable bonds is 3. The van der Waals surface area contributed by atoms with Crippen LogP contribution in [-0.2, 0) is 0 Å². The van der Waals surface area contributed by atoms with Crippen molar-refractivity contribution in [2.45, 2.75) is 19.9 Å². The number of nitrogens with zero attached hydrogens (tertiary/aromatic N) is 2. The van der Waals surface area contributed by atoms with Crippen LogP contribution in [0, 0.1) is 0 Å². The Morgan fingerprint density at radius 2 is 2.17 bits per heavy atom. The Morgan fingerprint density at radius 3 is 2.83 bits per heavy atom. The van der Waals surface area contributed by atoms with E-state index in [9.17, 15) is 9.59 Å². The summed E-state index contributed by atoms with van der Waals surface area (Å²) >= 11 is 0. The highest BCUT2D eigenvalue weighted by Crippen LogP contribution is 2.13. The van der Waals surface area contributed by atoms with Crippen molar-refractivity contribution in [2.75, 3.05) is 5.32 Å². The van der Waals surface area contributed by atoms with Gasteiger partial charge in [-0.2, -0.15) is 5.10 Å². The molecule has 6 heteroatoms. The van der Waals surface area contributed by atoms with Crippen molar-refractivity contribution >= 4 is 11.7 Å². The Balaban J connectivity index is 2.21. The summed E-state index contributed by atoms with van der Waals surface area (Å²) in [4.78, 5) is 25.5. The van der Waals surface area contributed by atoms with Crippen molar-refractivity contribution in [3.8, 4) is 0 Å². The Bertz CT molecular complexity index is 612. The number of aromatic amines is 1. The molecule has 0 saturated carbocycles. The predicted octanol–water partition coefficient (Wildman–Crippen LogP) is 1.40. The van der Waals surface area contributed by atoms with Crippen LogP contribution in [0.15, 0.2) is 35.3 Å². The number of carbonyl (C=O) groups is 1. The molecule has 2 aromatic heterocycles. The van der Waals surface area contributed by atoms with Gasteiger partial charge >= 0.3 is 0 Å². The highest BCUT2D eigenvalue weighted by atomic mass is 16.2. The second kappa shape index (κ2) is 4.87. The first-order valence-electron chi connectivity index (χ1n) is 5.62. The van der Waals surface area contributed by atoms with Crippen LogP contribution in [0.5, 0.6) is 0 Å². The van der Waals surface area contributed by atoms with Crippen molar-refractivity contribution in [1.82, 2.24) is 14.8 Å². The third-order valence-corrected chi connectivity index (χ3v) is 2.41. The predicted molar refractivity (Wildman–Crippen MR) is 67.6 cm³/mol. The van der Waals surface area contributed by atoms with Crippen molar-refractivity contribution in [1.29, 1.82) is 0 Å². The van der Waals surface area contributed by atoms with E-state index in [-0.39, 0.29) is 23.2 Å². The Labute approximate surface area is 104 Å². The normalized spacial score (nSPS) is 10.6. The lowest BCUT2D eigenvalue weighted by Crippen LogP contribution is -2.20. The molecule has 2 aromatic rings. The molecule has 6 nitrogen and oxygen atoms in total. The van der Waals surface area contributed by atoms with Gasteiger partial charge in [0.25, 0.3) is 5.91 Å². The van der Waals surface area contributed by atoms with Crippen LogP contribution in [0.1, 0.15) is 30.4 Å². The van der Waals surface area contributed by atoms with E-state index in [0.29, 0.717) is 5.82 Å². The van der Waals surface area contributed by atoms with E-state index in [1.54, 1.807) is 23.0 Å². The van der Waals surface area contributed by atoms with Gasteiger partial charge in [0.1, 0.15) is 11.5 Å². The van der Waals surface area contributed by atoms with Gasteiger partial charge in [-0.25, -0.2) is 4.68 Å². The molecule has 0 aliphatic heterocycles. The number of amides is 1. The second-order valence-electron chi connectivity index (χ2n) is 4.14. The number of aromatic nitrogens is 3. The molecule has 0 fully saturated rings. The van der Waals surface area contributed by atoms with Crippen molar-refractivity contribution < 1.29 is 4.79 Å². The largest absolute Gasteiger partial charge is 0.318 e. The molecular formula is C12H14N4O2. The minimum Gasteiger partial charge on any atom is -0.318 e. The summed E-state index contributed by atoms with van der Waals surface area (Å²) in [6.07, 6.45) is 1.61. The van der Waals surface area contributed by atoms with Crippen LogP contribution in [0.3, 0.4) is 0 Å². The Kier molecular flexibility index (Phi) is 3.27. The molecule has 0 aromatic carbocycles. The molecule has 2 rings (SSSR count). The summed E-state index contributed by atoms with van der Waals surface area (Å²) in [5.74, 6) is 0.231. The van der Waals surface area contributed by atoms with Crippen LogP contribution < -0.4 is 10.9 Å². The average molecular weight is 246 g/mol. The first-order valence-corrected chi connectivity index (χ1v) is 5.62. The monoisotopic (exact) mass is 246 g/mol. The van der Waals surface area contributed by atoms with Gasteiger partial charge in [-0.1, -0.05) is 6.07 Å². The molecule has 2 N–H and O–H groups in total. The highest BCUT2D eigenvalue weighted by molar-refractivity contribution is 6.02. The third-order valence-electron chi connectivity index (χ3n) is 2.41.